The number of rotatable bonds is 3. The van der Waals surface area contributed by atoms with Crippen LogP contribution in [0.25, 0.3) is 0 Å². The van der Waals surface area contributed by atoms with Crippen molar-refractivity contribution in [2.24, 2.45) is 0 Å². The molecule has 1 N–H and O–H groups in total. The monoisotopic (exact) mass is 234 g/mol. The van der Waals surface area contributed by atoms with Crippen LogP contribution in [0, 0.1) is 6.92 Å². The number of anilines is 1. The zero-order chi connectivity index (χ0) is 12.3. The van der Waals surface area contributed by atoms with Crippen LogP contribution in [-0.2, 0) is 11.3 Å². The van der Waals surface area contributed by atoms with E-state index in [1.807, 2.05) is 0 Å². The zero-order valence-corrected chi connectivity index (χ0v) is 9.08. The van der Waals surface area contributed by atoms with Crippen molar-refractivity contribution in [3.05, 3.63) is 40.4 Å². The van der Waals surface area contributed by atoms with Crippen LogP contribution in [0.1, 0.15) is 5.69 Å². The summed E-state index contributed by atoms with van der Waals surface area (Å²) in [7, 11) is 0. The van der Waals surface area contributed by atoms with Crippen LogP contribution in [0.5, 0.6) is 0 Å². The van der Waals surface area contributed by atoms with Crippen LogP contribution in [0.4, 0.5) is 5.88 Å². The Morgan fingerprint density at radius 2 is 2.41 bits per heavy atom. The Bertz CT molecular complexity index is 587. The molecule has 17 heavy (non-hydrogen) atoms. The van der Waals surface area contributed by atoms with Gasteiger partial charge < -0.3 is 4.52 Å². The van der Waals surface area contributed by atoms with Gasteiger partial charge in [0.25, 0.3) is 5.56 Å². The SMILES string of the molecule is Cc1cc(NC(=O)Cn2ncccc2=O)on1. The first-order valence-corrected chi connectivity index (χ1v) is 4.90. The van der Waals surface area contributed by atoms with Crippen molar-refractivity contribution in [1.82, 2.24) is 14.9 Å². The topological polar surface area (TPSA) is 90.0 Å². The van der Waals surface area contributed by atoms with E-state index in [-0.39, 0.29) is 18.0 Å². The molecule has 2 aromatic heterocycles. The van der Waals surface area contributed by atoms with Crippen LogP contribution >= 0.6 is 0 Å². The van der Waals surface area contributed by atoms with E-state index in [0.717, 1.165) is 4.68 Å². The summed E-state index contributed by atoms with van der Waals surface area (Å²) in [5.74, 6) is -0.154. The molecule has 0 unspecified atom stereocenters. The smallest absolute Gasteiger partial charge is 0.267 e. The first kappa shape index (κ1) is 11.1. The highest BCUT2D eigenvalue weighted by atomic mass is 16.5. The molecule has 0 aliphatic heterocycles. The fraction of sp³-hybridized carbons (Fsp3) is 0.200. The summed E-state index contributed by atoms with van der Waals surface area (Å²) in [4.78, 5) is 22.8. The highest BCUT2D eigenvalue weighted by Crippen LogP contribution is 2.07. The molecule has 2 rings (SSSR count). The molecule has 0 aliphatic carbocycles. The quantitative estimate of drug-likeness (QED) is 0.818. The molecule has 7 nitrogen and oxygen atoms in total. The maximum absolute atomic E-state index is 11.5. The summed E-state index contributed by atoms with van der Waals surface area (Å²) in [5, 5.41) is 9.85. The minimum absolute atomic E-state index is 0.167. The van der Waals surface area contributed by atoms with E-state index in [1.54, 1.807) is 13.0 Å². The Kier molecular flexibility index (Phi) is 2.99. The highest BCUT2D eigenvalue weighted by Gasteiger charge is 2.08. The van der Waals surface area contributed by atoms with Crippen LogP contribution in [0.15, 0.2) is 33.7 Å². The van der Waals surface area contributed by atoms with Crippen LogP contribution in [0.3, 0.4) is 0 Å². The normalized spacial score (nSPS) is 10.2. The molecule has 7 heteroatoms. The van der Waals surface area contributed by atoms with Gasteiger partial charge in [0.05, 0.1) is 5.69 Å². The van der Waals surface area contributed by atoms with E-state index in [0.29, 0.717) is 5.69 Å². The number of hydrogen-bond acceptors (Lipinski definition) is 5. The summed E-state index contributed by atoms with van der Waals surface area (Å²) in [6.07, 6.45) is 1.44. The van der Waals surface area contributed by atoms with E-state index >= 15 is 0 Å². The van der Waals surface area contributed by atoms with Crippen molar-refractivity contribution in [2.45, 2.75) is 13.5 Å². The second kappa shape index (κ2) is 4.60. The van der Waals surface area contributed by atoms with Gasteiger partial charge >= 0.3 is 0 Å². The van der Waals surface area contributed by atoms with Crippen molar-refractivity contribution in [3.8, 4) is 0 Å². The van der Waals surface area contributed by atoms with E-state index in [2.05, 4.69) is 15.6 Å². The number of carbonyl (C=O) groups excluding carboxylic acids is 1. The summed E-state index contributed by atoms with van der Waals surface area (Å²) in [6.45, 7) is 1.57. The molecule has 88 valence electrons. The maximum Gasteiger partial charge on any atom is 0.267 e. The Hall–Kier alpha value is -2.44. The van der Waals surface area contributed by atoms with E-state index in [4.69, 9.17) is 4.52 Å². The van der Waals surface area contributed by atoms with E-state index in [1.165, 1.54) is 18.3 Å². The number of amides is 1. The van der Waals surface area contributed by atoms with Crippen LogP contribution < -0.4 is 10.9 Å². The highest BCUT2D eigenvalue weighted by molar-refractivity contribution is 5.89. The van der Waals surface area contributed by atoms with Crippen molar-refractivity contribution in [2.75, 3.05) is 5.32 Å². The van der Waals surface area contributed by atoms with Crippen molar-refractivity contribution < 1.29 is 9.32 Å². The minimum Gasteiger partial charge on any atom is -0.338 e. The molecular formula is C10H10N4O3. The summed E-state index contributed by atoms with van der Waals surface area (Å²) >= 11 is 0. The van der Waals surface area contributed by atoms with Crippen molar-refractivity contribution >= 4 is 11.8 Å². The predicted molar refractivity (Wildman–Crippen MR) is 58.4 cm³/mol. The van der Waals surface area contributed by atoms with Gasteiger partial charge in [0.15, 0.2) is 0 Å². The number of aryl methyl sites for hydroxylation is 1. The lowest BCUT2D eigenvalue weighted by atomic mass is 10.4. The molecule has 0 bridgehead atoms. The average molecular weight is 234 g/mol. The molecule has 0 fully saturated rings. The summed E-state index contributed by atoms with van der Waals surface area (Å²) in [6, 6.07) is 4.43. The fourth-order valence-corrected chi connectivity index (χ4v) is 1.24. The molecule has 0 radical (unpaired) electrons. The van der Waals surface area contributed by atoms with Gasteiger partial charge in [-0.3, -0.25) is 14.9 Å². The maximum atomic E-state index is 11.5. The predicted octanol–water partition coefficient (Wildman–Crippen LogP) is 0.178. The Morgan fingerprint density at radius 1 is 1.59 bits per heavy atom. The van der Waals surface area contributed by atoms with Gasteiger partial charge in [-0.05, 0) is 13.0 Å². The Morgan fingerprint density at radius 3 is 3.06 bits per heavy atom. The largest absolute Gasteiger partial charge is 0.338 e. The standard InChI is InChI=1S/C10H10N4O3/c1-7-5-9(17-13-7)12-8(15)6-14-10(16)3-2-4-11-14/h2-5H,6H2,1H3,(H,12,15). The van der Waals surface area contributed by atoms with Gasteiger partial charge in [-0.25, -0.2) is 4.68 Å². The first-order valence-electron chi connectivity index (χ1n) is 4.90. The molecule has 1 amide bonds. The average Bonchev–Trinajstić information content (AvgIpc) is 2.67. The third-order valence-corrected chi connectivity index (χ3v) is 1.97. The van der Waals surface area contributed by atoms with Crippen LogP contribution in [-0.4, -0.2) is 20.8 Å². The number of carbonyl (C=O) groups is 1. The molecule has 0 aromatic carbocycles. The molecule has 0 atom stereocenters. The van der Waals surface area contributed by atoms with E-state index in [9.17, 15) is 9.59 Å². The van der Waals surface area contributed by atoms with Gasteiger partial charge in [-0.2, -0.15) is 5.10 Å². The molecule has 0 spiro atoms. The van der Waals surface area contributed by atoms with Gasteiger partial charge in [-0.15, -0.1) is 0 Å². The number of hydrogen-bond donors (Lipinski definition) is 1. The Labute approximate surface area is 96.0 Å². The molecule has 2 heterocycles. The van der Waals surface area contributed by atoms with Crippen LogP contribution in [0.2, 0.25) is 0 Å². The number of nitrogens with zero attached hydrogens (tertiary/aromatic N) is 3. The van der Waals surface area contributed by atoms with Gasteiger partial charge in [0.2, 0.25) is 11.8 Å². The third-order valence-electron chi connectivity index (χ3n) is 1.97. The van der Waals surface area contributed by atoms with E-state index < -0.39 is 5.91 Å². The Balaban J connectivity index is 2.03. The number of aromatic nitrogens is 3. The first-order chi connectivity index (χ1) is 8.15. The summed E-state index contributed by atoms with van der Waals surface area (Å²) < 4.78 is 5.87. The van der Waals surface area contributed by atoms with Crippen molar-refractivity contribution in [1.29, 1.82) is 0 Å². The molecular weight excluding hydrogens is 224 g/mol. The third kappa shape index (κ3) is 2.77. The lowest BCUT2D eigenvalue weighted by Crippen LogP contribution is -2.28. The lowest BCUT2D eigenvalue weighted by molar-refractivity contribution is -0.117. The second-order valence-corrected chi connectivity index (χ2v) is 3.40. The minimum atomic E-state index is -0.401. The molecule has 0 aliphatic rings. The molecule has 0 saturated carbocycles. The number of nitrogens with one attached hydrogen (secondary N) is 1. The lowest BCUT2D eigenvalue weighted by Gasteiger charge is -2.02. The molecule has 2 aromatic rings. The second-order valence-electron chi connectivity index (χ2n) is 3.40. The van der Waals surface area contributed by atoms with Gasteiger partial charge in [-0.1, -0.05) is 5.16 Å². The molecule has 0 saturated heterocycles. The fourth-order valence-electron chi connectivity index (χ4n) is 1.24. The van der Waals surface area contributed by atoms with Crippen molar-refractivity contribution in [3.63, 3.8) is 0 Å². The van der Waals surface area contributed by atoms with Gasteiger partial charge in [0, 0.05) is 18.3 Å². The summed E-state index contributed by atoms with van der Waals surface area (Å²) in [5.41, 5.74) is 0.326. The van der Waals surface area contributed by atoms with Gasteiger partial charge in [0.1, 0.15) is 6.54 Å². The zero-order valence-electron chi connectivity index (χ0n) is 9.08.